The number of rotatable bonds is 4. The Labute approximate surface area is 139 Å². The molecular formula is C17H20N2O5. The van der Waals surface area contributed by atoms with Gasteiger partial charge in [-0.1, -0.05) is 26.0 Å². The molecule has 7 heteroatoms. The zero-order chi connectivity index (χ0) is 18.0. The molecule has 0 saturated heterocycles. The second-order valence-corrected chi connectivity index (χ2v) is 6.00. The van der Waals surface area contributed by atoms with E-state index >= 15 is 0 Å². The molecule has 1 aliphatic heterocycles. The molecule has 2 N–H and O–H groups in total. The maximum absolute atomic E-state index is 12.9. The van der Waals surface area contributed by atoms with E-state index < -0.39 is 24.5 Å². The molecule has 1 aromatic carbocycles. The number of benzene rings is 1. The molecule has 0 aromatic heterocycles. The van der Waals surface area contributed by atoms with Crippen LogP contribution in [0.4, 0.5) is 0 Å². The lowest BCUT2D eigenvalue weighted by atomic mass is 9.97. The first-order chi connectivity index (χ1) is 11.2. The van der Waals surface area contributed by atoms with E-state index in [1.807, 2.05) is 0 Å². The van der Waals surface area contributed by atoms with Gasteiger partial charge >= 0.3 is 5.97 Å². The van der Waals surface area contributed by atoms with Crippen molar-refractivity contribution in [2.45, 2.75) is 26.8 Å². The zero-order valence-corrected chi connectivity index (χ0v) is 13.8. The normalized spacial score (nSPS) is 17.9. The van der Waals surface area contributed by atoms with Gasteiger partial charge < -0.3 is 15.1 Å². The number of nitrogens with zero attached hydrogens (tertiary/aromatic N) is 2. The van der Waals surface area contributed by atoms with E-state index in [9.17, 15) is 19.5 Å². The van der Waals surface area contributed by atoms with Gasteiger partial charge in [0.1, 0.15) is 18.3 Å². The van der Waals surface area contributed by atoms with E-state index in [1.165, 1.54) is 30.2 Å². The van der Waals surface area contributed by atoms with Crippen molar-refractivity contribution >= 4 is 23.5 Å². The van der Waals surface area contributed by atoms with Gasteiger partial charge in [0, 0.05) is 18.7 Å². The molecule has 7 nitrogen and oxygen atoms in total. The third-order valence-electron chi connectivity index (χ3n) is 3.80. The molecule has 1 aromatic rings. The number of hydrogen-bond acceptors (Lipinski definition) is 4. The zero-order valence-electron chi connectivity index (χ0n) is 13.8. The molecular weight excluding hydrogens is 312 g/mol. The summed E-state index contributed by atoms with van der Waals surface area (Å²) >= 11 is 0. The van der Waals surface area contributed by atoms with Crippen molar-refractivity contribution in [3.05, 3.63) is 36.0 Å². The van der Waals surface area contributed by atoms with Crippen LogP contribution < -0.4 is 0 Å². The SMILES string of the molecule is CC(=O)N1C=C(c2cccc(O)c2)N(CC(=O)O)C(=O)[C@H]1C(C)C. The molecule has 0 spiro atoms. The molecule has 24 heavy (non-hydrogen) atoms. The Morgan fingerprint density at radius 2 is 1.96 bits per heavy atom. The number of phenols is 1. The van der Waals surface area contributed by atoms with E-state index in [0.717, 1.165) is 4.90 Å². The first kappa shape index (κ1) is 17.5. The van der Waals surface area contributed by atoms with Crippen LogP contribution in [0.25, 0.3) is 5.70 Å². The number of hydrogen-bond donors (Lipinski definition) is 2. The van der Waals surface area contributed by atoms with E-state index in [4.69, 9.17) is 5.11 Å². The number of aromatic hydroxyl groups is 1. The van der Waals surface area contributed by atoms with Gasteiger partial charge in [-0.15, -0.1) is 0 Å². The van der Waals surface area contributed by atoms with Gasteiger partial charge in [0.05, 0.1) is 5.70 Å². The molecule has 0 bridgehead atoms. The van der Waals surface area contributed by atoms with E-state index in [-0.39, 0.29) is 23.3 Å². The Morgan fingerprint density at radius 1 is 1.29 bits per heavy atom. The van der Waals surface area contributed by atoms with Crippen molar-refractivity contribution in [2.24, 2.45) is 5.92 Å². The Kier molecular flexibility index (Phi) is 4.92. The summed E-state index contributed by atoms with van der Waals surface area (Å²) < 4.78 is 0. The maximum atomic E-state index is 12.9. The summed E-state index contributed by atoms with van der Waals surface area (Å²) in [6, 6.07) is 5.35. The number of amides is 2. The summed E-state index contributed by atoms with van der Waals surface area (Å²) in [5, 5.41) is 18.8. The van der Waals surface area contributed by atoms with Gasteiger partial charge in [-0.05, 0) is 18.1 Å². The smallest absolute Gasteiger partial charge is 0.323 e. The van der Waals surface area contributed by atoms with Gasteiger partial charge in [-0.2, -0.15) is 0 Å². The van der Waals surface area contributed by atoms with Gasteiger partial charge in [-0.25, -0.2) is 0 Å². The monoisotopic (exact) mass is 332 g/mol. The molecule has 0 aliphatic carbocycles. The maximum Gasteiger partial charge on any atom is 0.323 e. The van der Waals surface area contributed by atoms with Gasteiger partial charge in [0.2, 0.25) is 5.91 Å². The third-order valence-corrected chi connectivity index (χ3v) is 3.80. The quantitative estimate of drug-likeness (QED) is 0.870. The number of aliphatic carboxylic acids is 1. The number of carboxylic acid groups (broad SMARTS) is 1. The first-order valence-corrected chi connectivity index (χ1v) is 7.55. The Morgan fingerprint density at radius 3 is 2.46 bits per heavy atom. The van der Waals surface area contributed by atoms with Crippen LogP contribution in [-0.2, 0) is 14.4 Å². The van der Waals surface area contributed by atoms with Crippen molar-refractivity contribution in [3.8, 4) is 5.75 Å². The second kappa shape index (κ2) is 6.74. The Hall–Kier alpha value is -2.83. The molecule has 0 fully saturated rings. The third kappa shape index (κ3) is 3.40. The number of carboxylic acids is 1. The summed E-state index contributed by atoms with van der Waals surface area (Å²) in [7, 11) is 0. The Bertz CT molecular complexity index is 711. The lowest BCUT2D eigenvalue weighted by molar-refractivity contribution is -0.148. The highest BCUT2D eigenvalue weighted by Crippen LogP contribution is 2.31. The van der Waals surface area contributed by atoms with Crippen molar-refractivity contribution in [2.75, 3.05) is 6.54 Å². The van der Waals surface area contributed by atoms with Crippen LogP contribution in [0.15, 0.2) is 30.5 Å². The summed E-state index contributed by atoms with van der Waals surface area (Å²) in [6.45, 7) is 4.43. The molecule has 128 valence electrons. The number of phenolic OH excluding ortho intramolecular Hbond substituents is 1. The highest BCUT2D eigenvalue weighted by Gasteiger charge is 2.40. The molecule has 1 atom stereocenters. The van der Waals surface area contributed by atoms with Crippen LogP contribution in [0.2, 0.25) is 0 Å². The molecule has 1 heterocycles. The average Bonchev–Trinajstić information content (AvgIpc) is 2.47. The van der Waals surface area contributed by atoms with E-state index in [1.54, 1.807) is 26.0 Å². The summed E-state index contributed by atoms with van der Waals surface area (Å²) in [5.74, 6) is -2.12. The predicted octanol–water partition coefficient (Wildman–Crippen LogP) is 1.49. The summed E-state index contributed by atoms with van der Waals surface area (Å²) in [5.41, 5.74) is 0.725. The predicted molar refractivity (Wildman–Crippen MR) is 86.6 cm³/mol. The van der Waals surface area contributed by atoms with E-state index in [2.05, 4.69) is 0 Å². The van der Waals surface area contributed by atoms with Gasteiger partial charge in [0.15, 0.2) is 0 Å². The molecule has 0 radical (unpaired) electrons. The molecule has 2 amide bonds. The van der Waals surface area contributed by atoms with Crippen molar-refractivity contribution in [1.82, 2.24) is 9.80 Å². The van der Waals surface area contributed by atoms with Crippen LogP contribution in [0.5, 0.6) is 5.75 Å². The van der Waals surface area contributed by atoms with Crippen LogP contribution in [0, 0.1) is 5.92 Å². The van der Waals surface area contributed by atoms with Crippen molar-refractivity contribution in [1.29, 1.82) is 0 Å². The minimum atomic E-state index is -1.16. The fourth-order valence-electron chi connectivity index (χ4n) is 2.77. The fourth-order valence-corrected chi connectivity index (χ4v) is 2.77. The minimum Gasteiger partial charge on any atom is -0.508 e. The second-order valence-electron chi connectivity index (χ2n) is 6.00. The molecule has 0 saturated carbocycles. The number of carbonyl (C=O) groups excluding carboxylic acids is 2. The molecule has 1 aliphatic rings. The minimum absolute atomic E-state index is 0.0171. The lowest BCUT2D eigenvalue weighted by Gasteiger charge is -2.40. The van der Waals surface area contributed by atoms with Crippen LogP contribution in [0.1, 0.15) is 26.3 Å². The first-order valence-electron chi connectivity index (χ1n) is 7.55. The van der Waals surface area contributed by atoms with Crippen molar-refractivity contribution < 1.29 is 24.6 Å². The van der Waals surface area contributed by atoms with Crippen LogP contribution in [-0.4, -0.2) is 50.4 Å². The van der Waals surface area contributed by atoms with Crippen molar-refractivity contribution in [3.63, 3.8) is 0 Å². The largest absolute Gasteiger partial charge is 0.508 e. The Balaban J connectivity index is 2.61. The highest BCUT2D eigenvalue weighted by atomic mass is 16.4. The summed E-state index contributed by atoms with van der Waals surface area (Å²) in [4.78, 5) is 38.5. The summed E-state index contributed by atoms with van der Waals surface area (Å²) in [6.07, 6.45) is 1.48. The van der Waals surface area contributed by atoms with Gasteiger partial charge in [0.25, 0.3) is 5.91 Å². The fraction of sp³-hybridized carbons (Fsp3) is 0.353. The molecule has 0 unspecified atom stereocenters. The molecule has 2 rings (SSSR count). The average molecular weight is 332 g/mol. The standard InChI is InChI=1S/C17H20N2O5/c1-10(2)16-17(24)19(9-15(22)23)14(8-18(16)11(3)20)12-5-4-6-13(21)7-12/h4-8,10,16,21H,9H2,1-3H3,(H,22,23)/t16-/m1/s1. The van der Waals surface area contributed by atoms with E-state index in [0.29, 0.717) is 5.56 Å². The van der Waals surface area contributed by atoms with Gasteiger partial charge in [-0.3, -0.25) is 19.3 Å². The number of carbonyl (C=O) groups is 3. The lowest BCUT2D eigenvalue weighted by Crippen LogP contribution is -2.55. The van der Waals surface area contributed by atoms with Crippen LogP contribution >= 0.6 is 0 Å². The highest BCUT2D eigenvalue weighted by molar-refractivity contribution is 5.98. The topological polar surface area (TPSA) is 98.2 Å². The van der Waals surface area contributed by atoms with Crippen LogP contribution in [0.3, 0.4) is 0 Å².